The zero-order valence-electron chi connectivity index (χ0n) is 11.0. The first-order chi connectivity index (χ1) is 10.0. The van der Waals surface area contributed by atoms with Crippen molar-refractivity contribution in [3.05, 3.63) is 56.5 Å². The molecule has 0 aliphatic rings. The monoisotopic (exact) mass is 361 g/mol. The predicted molar refractivity (Wildman–Crippen MR) is 93.0 cm³/mol. The van der Waals surface area contributed by atoms with Crippen LogP contribution in [0, 0.1) is 0 Å². The van der Waals surface area contributed by atoms with Crippen molar-refractivity contribution in [3.8, 4) is 0 Å². The molecule has 0 amide bonds. The van der Waals surface area contributed by atoms with Gasteiger partial charge in [0.1, 0.15) is 0 Å². The van der Waals surface area contributed by atoms with Crippen LogP contribution in [0.4, 0.5) is 0 Å². The summed E-state index contributed by atoms with van der Waals surface area (Å²) >= 11 is 24.1. The minimum Gasteiger partial charge on any atom is -0.426 e. The van der Waals surface area contributed by atoms with Crippen molar-refractivity contribution in [1.82, 2.24) is 0 Å². The van der Waals surface area contributed by atoms with E-state index in [-0.39, 0.29) is 6.92 Å². The number of hydrogen-bond acceptors (Lipinski definition) is 2. The summed E-state index contributed by atoms with van der Waals surface area (Å²) in [5, 5.41) is 1.92. The van der Waals surface area contributed by atoms with E-state index in [0.717, 1.165) is 10.9 Å². The highest BCUT2D eigenvalue weighted by Gasteiger charge is 2.22. The molecule has 0 aromatic heterocycles. The molecular formula is C14H12BCl4NO. The van der Waals surface area contributed by atoms with Gasteiger partial charge in [-0.2, -0.15) is 0 Å². The Morgan fingerprint density at radius 2 is 1.29 bits per heavy atom. The SMILES string of the molecule is NCCOB(c1ccc(Cl)c(Cl)c1)c1ccc(Cl)c(Cl)c1. The van der Waals surface area contributed by atoms with Gasteiger partial charge in [-0.3, -0.25) is 0 Å². The summed E-state index contributed by atoms with van der Waals surface area (Å²) in [6, 6.07) is 10.7. The molecule has 0 fully saturated rings. The fourth-order valence-electron chi connectivity index (χ4n) is 1.92. The van der Waals surface area contributed by atoms with E-state index in [1.165, 1.54) is 0 Å². The summed E-state index contributed by atoms with van der Waals surface area (Å²) < 4.78 is 5.82. The van der Waals surface area contributed by atoms with Crippen molar-refractivity contribution in [2.24, 2.45) is 5.73 Å². The summed E-state index contributed by atoms with van der Waals surface area (Å²) in [5.74, 6) is 0. The lowest BCUT2D eigenvalue weighted by molar-refractivity contribution is 0.344. The van der Waals surface area contributed by atoms with Gasteiger partial charge >= 0.3 is 6.92 Å². The summed E-state index contributed by atoms with van der Waals surface area (Å²) in [4.78, 5) is 0. The van der Waals surface area contributed by atoms with Crippen LogP contribution in [0.2, 0.25) is 20.1 Å². The fourth-order valence-corrected chi connectivity index (χ4v) is 2.53. The third-order valence-electron chi connectivity index (χ3n) is 2.90. The Morgan fingerprint density at radius 1 is 0.810 bits per heavy atom. The Morgan fingerprint density at radius 3 is 1.67 bits per heavy atom. The third-order valence-corrected chi connectivity index (χ3v) is 4.37. The lowest BCUT2D eigenvalue weighted by atomic mass is 9.55. The number of nitrogens with two attached hydrogens (primary N) is 1. The van der Waals surface area contributed by atoms with Gasteiger partial charge in [0.05, 0.1) is 20.1 Å². The highest BCUT2D eigenvalue weighted by molar-refractivity contribution is 6.80. The maximum Gasteiger partial charge on any atom is 0.361 e. The summed E-state index contributed by atoms with van der Waals surface area (Å²) in [6.07, 6.45) is 0. The highest BCUT2D eigenvalue weighted by Crippen LogP contribution is 2.21. The van der Waals surface area contributed by atoms with Gasteiger partial charge in [-0.15, -0.1) is 0 Å². The van der Waals surface area contributed by atoms with E-state index >= 15 is 0 Å². The molecule has 2 nitrogen and oxygen atoms in total. The summed E-state index contributed by atoms with van der Waals surface area (Å²) in [7, 11) is 0. The molecular weight excluding hydrogens is 351 g/mol. The Bertz CT molecular complexity index is 587. The third kappa shape index (κ3) is 4.29. The molecule has 2 aromatic rings. The van der Waals surface area contributed by atoms with Crippen LogP contribution in [0.5, 0.6) is 0 Å². The van der Waals surface area contributed by atoms with Gasteiger partial charge in [-0.25, -0.2) is 0 Å². The number of hydrogen-bond donors (Lipinski definition) is 1. The quantitative estimate of drug-likeness (QED) is 0.827. The van der Waals surface area contributed by atoms with Crippen LogP contribution in [0.3, 0.4) is 0 Å². The van der Waals surface area contributed by atoms with Gasteiger partial charge in [0.15, 0.2) is 0 Å². The van der Waals surface area contributed by atoms with E-state index < -0.39 is 0 Å². The van der Waals surface area contributed by atoms with Crippen LogP contribution in [-0.4, -0.2) is 20.1 Å². The zero-order valence-corrected chi connectivity index (χ0v) is 14.0. The van der Waals surface area contributed by atoms with E-state index in [1.54, 1.807) is 24.3 Å². The van der Waals surface area contributed by atoms with E-state index in [9.17, 15) is 0 Å². The second kappa shape index (κ2) is 7.73. The van der Waals surface area contributed by atoms with E-state index in [4.69, 9.17) is 56.8 Å². The van der Waals surface area contributed by atoms with Crippen LogP contribution in [-0.2, 0) is 4.65 Å². The topological polar surface area (TPSA) is 35.2 Å². The Hall–Kier alpha value is -0.415. The molecule has 2 rings (SSSR count). The molecule has 0 unspecified atom stereocenters. The lowest BCUT2D eigenvalue weighted by Gasteiger charge is -2.16. The lowest BCUT2D eigenvalue weighted by Crippen LogP contribution is -2.46. The normalized spacial score (nSPS) is 10.7. The molecule has 0 saturated heterocycles. The van der Waals surface area contributed by atoms with E-state index in [0.29, 0.717) is 33.2 Å². The minimum absolute atomic E-state index is 0.335. The summed E-state index contributed by atoms with van der Waals surface area (Å²) in [5.41, 5.74) is 7.26. The zero-order chi connectivity index (χ0) is 15.4. The van der Waals surface area contributed by atoms with Crippen LogP contribution in [0.15, 0.2) is 36.4 Å². The Kier molecular flexibility index (Phi) is 6.24. The van der Waals surface area contributed by atoms with Gasteiger partial charge in [0.2, 0.25) is 0 Å². The first kappa shape index (κ1) is 16.9. The Labute approximate surface area is 144 Å². The van der Waals surface area contributed by atoms with Crippen LogP contribution >= 0.6 is 46.4 Å². The van der Waals surface area contributed by atoms with Crippen molar-refractivity contribution < 1.29 is 4.65 Å². The standard InChI is InChI=1S/C14H12BCl4NO/c16-11-3-1-9(7-13(11)18)15(21-6-5-20)10-2-4-12(17)14(19)8-10/h1-4,7-8H,5-6,20H2. The van der Waals surface area contributed by atoms with Crippen molar-refractivity contribution in [1.29, 1.82) is 0 Å². The van der Waals surface area contributed by atoms with Gasteiger partial charge in [0.25, 0.3) is 0 Å². The van der Waals surface area contributed by atoms with Gasteiger partial charge in [0, 0.05) is 13.2 Å². The molecule has 0 saturated carbocycles. The number of rotatable bonds is 5. The minimum atomic E-state index is -0.335. The summed E-state index contributed by atoms with van der Waals surface area (Å²) in [6.45, 7) is 0.489. The fraction of sp³-hybridized carbons (Fsp3) is 0.143. The highest BCUT2D eigenvalue weighted by atomic mass is 35.5. The molecule has 0 radical (unpaired) electrons. The second-order valence-electron chi connectivity index (χ2n) is 4.39. The molecule has 21 heavy (non-hydrogen) atoms. The van der Waals surface area contributed by atoms with Crippen molar-refractivity contribution in [3.63, 3.8) is 0 Å². The molecule has 0 heterocycles. The number of halogens is 4. The molecule has 0 spiro atoms. The predicted octanol–water partition coefficient (Wildman–Crippen LogP) is 3.38. The molecule has 2 N–H and O–H groups in total. The average Bonchev–Trinajstić information content (AvgIpc) is 2.46. The maximum atomic E-state index is 6.08. The average molecular weight is 363 g/mol. The van der Waals surface area contributed by atoms with Crippen molar-refractivity contribution in [2.45, 2.75) is 0 Å². The van der Waals surface area contributed by atoms with Crippen LogP contribution in [0.25, 0.3) is 0 Å². The van der Waals surface area contributed by atoms with E-state index in [2.05, 4.69) is 0 Å². The molecule has 110 valence electrons. The molecule has 7 heteroatoms. The van der Waals surface area contributed by atoms with Gasteiger partial charge < -0.3 is 10.4 Å². The number of benzene rings is 2. The van der Waals surface area contributed by atoms with Crippen LogP contribution < -0.4 is 16.7 Å². The first-order valence-electron chi connectivity index (χ1n) is 6.24. The van der Waals surface area contributed by atoms with Crippen LogP contribution in [0.1, 0.15) is 0 Å². The van der Waals surface area contributed by atoms with Crippen molar-refractivity contribution >= 4 is 64.2 Å². The molecule has 2 aromatic carbocycles. The molecule has 0 bridgehead atoms. The molecule has 0 aliphatic heterocycles. The smallest absolute Gasteiger partial charge is 0.361 e. The van der Waals surface area contributed by atoms with Gasteiger partial charge in [-0.1, -0.05) is 58.5 Å². The maximum absolute atomic E-state index is 6.08. The Balaban J connectivity index is 2.41. The second-order valence-corrected chi connectivity index (χ2v) is 6.02. The molecule has 0 atom stereocenters. The first-order valence-corrected chi connectivity index (χ1v) is 7.75. The van der Waals surface area contributed by atoms with Gasteiger partial charge in [-0.05, 0) is 35.2 Å². The van der Waals surface area contributed by atoms with Crippen molar-refractivity contribution in [2.75, 3.05) is 13.2 Å². The van der Waals surface area contributed by atoms with E-state index in [1.807, 2.05) is 12.1 Å². The largest absolute Gasteiger partial charge is 0.426 e. The molecule has 0 aliphatic carbocycles.